The lowest BCUT2D eigenvalue weighted by Gasteiger charge is -2.07. The van der Waals surface area contributed by atoms with Crippen molar-refractivity contribution in [3.8, 4) is 0 Å². The van der Waals surface area contributed by atoms with Crippen LogP contribution in [0.1, 0.15) is 6.42 Å². The number of nitrogens with zero attached hydrogens (tertiary/aromatic N) is 1. The lowest BCUT2D eigenvalue weighted by Crippen LogP contribution is -1.99. The van der Waals surface area contributed by atoms with Gasteiger partial charge in [-0.3, -0.25) is 0 Å². The maximum absolute atomic E-state index is 8.81. The van der Waals surface area contributed by atoms with Gasteiger partial charge in [-0.15, -0.1) is 0 Å². The van der Waals surface area contributed by atoms with Crippen molar-refractivity contribution in [1.29, 1.82) is 0 Å². The molecule has 3 rings (SSSR count). The minimum absolute atomic E-state index is 0.278. The zero-order valence-corrected chi connectivity index (χ0v) is 12.3. The van der Waals surface area contributed by atoms with Gasteiger partial charge in [-0.2, -0.15) is 11.8 Å². The molecule has 0 aliphatic rings. The summed E-state index contributed by atoms with van der Waals surface area (Å²) in [5.74, 6) is 1.94. The third kappa shape index (κ3) is 2.56. The van der Waals surface area contributed by atoms with Crippen molar-refractivity contribution >= 4 is 33.6 Å². The summed E-state index contributed by atoms with van der Waals surface area (Å²) in [5.41, 5.74) is 2.64. The molecule has 3 aromatic rings. The minimum atomic E-state index is 0.278. The van der Waals surface area contributed by atoms with Crippen molar-refractivity contribution in [2.45, 2.75) is 13.0 Å². The highest BCUT2D eigenvalue weighted by Crippen LogP contribution is 2.28. The summed E-state index contributed by atoms with van der Waals surface area (Å²) < 4.78 is 2.42. The molecular weight excluding hydrogens is 266 g/mol. The molecule has 0 radical (unpaired) electrons. The number of rotatable bonds is 6. The van der Waals surface area contributed by atoms with E-state index in [2.05, 4.69) is 53.1 Å². The number of fused-ring (bicyclic) bond motifs is 3. The first-order valence-electron chi connectivity index (χ1n) is 7.06. The normalized spacial score (nSPS) is 11.4. The van der Waals surface area contributed by atoms with Crippen LogP contribution in [-0.4, -0.2) is 27.8 Å². The highest BCUT2D eigenvalue weighted by Gasteiger charge is 2.08. The summed E-state index contributed by atoms with van der Waals surface area (Å²) in [5, 5.41) is 11.5. The maximum Gasteiger partial charge on any atom is 0.0521 e. The molecule has 0 amide bonds. The molecule has 0 fully saturated rings. The maximum atomic E-state index is 8.81. The predicted molar refractivity (Wildman–Crippen MR) is 88.5 cm³/mol. The summed E-state index contributed by atoms with van der Waals surface area (Å²) in [6.07, 6.45) is 1.13. The van der Waals surface area contributed by atoms with Crippen molar-refractivity contribution in [2.24, 2.45) is 0 Å². The van der Waals surface area contributed by atoms with E-state index < -0.39 is 0 Å². The molecule has 0 aliphatic heterocycles. The molecular formula is C17H19NOS. The lowest BCUT2D eigenvalue weighted by molar-refractivity contribution is 0.322. The highest BCUT2D eigenvalue weighted by atomic mass is 32.2. The van der Waals surface area contributed by atoms with Gasteiger partial charge in [0.2, 0.25) is 0 Å². The Hall–Kier alpha value is -1.45. The number of aliphatic hydroxyl groups excluding tert-OH is 1. The fourth-order valence-corrected chi connectivity index (χ4v) is 3.40. The van der Waals surface area contributed by atoms with Crippen LogP contribution in [0.5, 0.6) is 0 Å². The average molecular weight is 285 g/mol. The van der Waals surface area contributed by atoms with E-state index in [0.717, 1.165) is 24.5 Å². The summed E-state index contributed by atoms with van der Waals surface area (Å²) in [4.78, 5) is 0. The van der Waals surface area contributed by atoms with E-state index in [9.17, 15) is 0 Å². The summed E-state index contributed by atoms with van der Waals surface area (Å²) in [6.45, 7) is 1.31. The zero-order valence-electron chi connectivity index (χ0n) is 11.5. The average Bonchev–Trinajstić information content (AvgIpc) is 2.82. The number of aromatic nitrogens is 1. The summed E-state index contributed by atoms with van der Waals surface area (Å²) in [7, 11) is 0. The van der Waals surface area contributed by atoms with Crippen molar-refractivity contribution in [1.82, 2.24) is 4.57 Å². The first-order chi connectivity index (χ1) is 9.92. The van der Waals surface area contributed by atoms with Gasteiger partial charge in [0.25, 0.3) is 0 Å². The van der Waals surface area contributed by atoms with Crippen LogP contribution in [0.3, 0.4) is 0 Å². The Bertz CT molecular complexity index is 651. The van der Waals surface area contributed by atoms with E-state index in [4.69, 9.17) is 5.11 Å². The van der Waals surface area contributed by atoms with Gasteiger partial charge in [0.15, 0.2) is 0 Å². The third-order valence-corrected chi connectivity index (χ3v) is 4.63. The second-order valence-electron chi connectivity index (χ2n) is 4.88. The number of para-hydroxylation sites is 2. The second kappa shape index (κ2) is 6.33. The number of hydrogen-bond donors (Lipinski definition) is 1. The quantitative estimate of drug-likeness (QED) is 0.695. The summed E-state index contributed by atoms with van der Waals surface area (Å²) in [6, 6.07) is 17.2. The third-order valence-electron chi connectivity index (χ3n) is 3.59. The number of aliphatic hydroxyl groups is 1. The van der Waals surface area contributed by atoms with Gasteiger partial charge in [0.05, 0.1) is 6.61 Å². The molecule has 0 bridgehead atoms. The number of thioether (sulfide) groups is 1. The summed E-state index contributed by atoms with van der Waals surface area (Å²) >= 11 is 1.82. The number of hydrogen-bond acceptors (Lipinski definition) is 2. The Labute approximate surface area is 123 Å². The van der Waals surface area contributed by atoms with E-state index >= 15 is 0 Å². The molecule has 104 valence electrons. The SMILES string of the molecule is OCCSCCCn1c2ccccc2c2ccccc21. The Kier molecular flexibility index (Phi) is 4.28. The molecule has 1 heterocycles. The van der Waals surface area contributed by atoms with Gasteiger partial charge < -0.3 is 9.67 Å². The molecule has 0 spiro atoms. The van der Waals surface area contributed by atoms with E-state index in [1.807, 2.05) is 11.8 Å². The largest absolute Gasteiger partial charge is 0.396 e. The molecule has 2 aromatic carbocycles. The predicted octanol–water partition coefficient (Wildman–Crippen LogP) is 3.91. The van der Waals surface area contributed by atoms with Gasteiger partial charge in [0.1, 0.15) is 0 Å². The topological polar surface area (TPSA) is 25.2 Å². The lowest BCUT2D eigenvalue weighted by atomic mass is 10.2. The smallest absolute Gasteiger partial charge is 0.0521 e. The van der Waals surface area contributed by atoms with Crippen LogP contribution in [0, 0.1) is 0 Å². The van der Waals surface area contributed by atoms with Crippen LogP contribution < -0.4 is 0 Å². The molecule has 3 heteroatoms. The van der Waals surface area contributed by atoms with Crippen LogP contribution in [0.4, 0.5) is 0 Å². The fourth-order valence-electron chi connectivity index (χ4n) is 2.74. The van der Waals surface area contributed by atoms with E-state index in [0.29, 0.717) is 0 Å². The van der Waals surface area contributed by atoms with E-state index in [1.165, 1.54) is 21.8 Å². The minimum Gasteiger partial charge on any atom is -0.396 e. The van der Waals surface area contributed by atoms with Crippen LogP contribution in [0.2, 0.25) is 0 Å². The standard InChI is InChI=1S/C17H19NOS/c19-11-13-20-12-5-10-18-16-8-3-1-6-14(16)15-7-2-4-9-17(15)18/h1-4,6-9,19H,5,10-13H2. The number of benzene rings is 2. The van der Waals surface area contributed by atoms with Gasteiger partial charge >= 0.3 is 0 Å². The zero-order chi connectivity index (χ0) is 13.8. The molecule has 2 nitrogen and oxygen atoms in total. The number of aryl methyl sites for hydroxylation is 1. The molecule has 1 aromatic heterocycles. The van der Waals surface area contributed by atoms with Crippen molar-refractivity contribution < 1.29 is 5.11 Å². The molecule has 0 atom stereocenters. The molecule has 1 N–H and O–H groups in total. The Morgan fingerprint density at radius 3 is 2.05 bits per heavy atom. The monoisotopic (exact) mass is 285 g/mol. The van der Waals surface area contributed by atoms with Crippen molar-refractivity contribution in [3.63, 3.8) is 0 Å². The van der Waals surface area contributed by atoms with Crippen LogP contribution >= 0.6 is 11.8 Å². The first-order valence-corrected chi connectivity index (χ1v) is 8.22. The van der Waals surface area contributed by atoms with E-state index in [1.54, 1.807) is 0 Å². The van der Waals surface area contributed by atoms with Crippen LogP contribution in [-0.2, 0) is 6.54 Å². The van der Waals surface area contributed by atoms with Crippen LogP contribution in [0.15, 0.2) is 48.5 Å². The molecule has 0 saturated heterocycles. The molecule has 0 aliphatic carbocycles. The molecule has 0 saturated carbocycles. The highest BCUT2D eigenvalue weighted by molar-refractivity contribution is 7.99. The van der Waals surface area contributed by atoms with Gasteiger partial charge in [-0.25, -0.2) is 0 Å². The Balaban J connectivity index is 1.91. The fraction of sp³-hybridized carbons (Fsp3) is 0.294. The van der Waals surface area contributed by atoms with Gasteiger partial charge in [0, 0.05) is 34.1 Å². The molecule has 0 unspecified atom stereocenters. The first kappa shape index (κ1) is 13.5. The van der Waals surface area contributed by atoms with Gasteiger partial charge in [-0.05, 0) is 24.3 Å². The second-order valence-corrected chi connectivity index (χ2v) is 6.10. The Morgan fingerprint density at radius 2 is 1.45 bits per heavy atom. The molecule has 20 heavy (non-hydrogen) atoms. The van der Waals surface area contributed by atoms with Crippen molar-refractivity contribution in [3.05, 3.63) is 48.5 Å². The van der Waals surface area contributed by atoms with Crippen LogP contribution in [0.25, 0.3) is 21.8 Å². The van der Waals surface area contributed by atoms with Gasteiger partial charge in [-0.1, -0.05) is 36.4 Å². The van der Waals surface area contributed by atoms with E-state index in [-0.39, 0.29) is 6.61 Å². The Morgan fingerprint density at radius 1 is 0.850 bits per heavy atom. The van der Waals surface area contributed by atoms with Crippen molar-refractivity contribution in [2.75, 3.05) is 18.1 Å².